The number of carboxylic acid groups (broad SMARTS) is 1. The smallest absolute Gasteiger partial charge is 0.336 e. The van der Waals surface area contributed by atoms with Crippen LogP contribution in [0, 0.1) is 3.57 Å². The van der Waals surface area contributed by atoms with E-state index in [0.29, 0.717) is 10.6 Å². The number of rotatable bonds is 3. The first-order valence-electron chi connectivity index (χ1n) is 5.02. The van der Waals surface area contributed by atoms with Gasteiger partial charge < -0.3 is 5.11 Å². The van der Waals surface area contributed by atoms with Crippen LogP contribution in [0.1, 0.15) is 10.4 Å². The van der Waals surface area contributed by atoms with Crippen molar-refractivity contribution in [2.45, 2.75) is 9.79 Å². The molecule has 0 fully saturated rings. The van der Waals surface area contributed by atoms with Crippen LogP contribution in [0.15, 0.2) is 52.3 Å². The van der Waals surface area contributed by atoms with Gasteiger partial charge in [-0.1, -0.05) is 23.4 Å². The van der Waals surface area contributed by atoms with Gasteiger partial charge in [0.2, 0.25) is 0 Å². The number of carbonyl (C=O) groups is 1. The first-order valence-corrected chi connectivity index (χ1v) is 7.30. The highest BCUT2D eigenvalue weighted by Crippen LogP contribution is 2.32. The van der Waals surface area contributed by atoms with Crippen molar-refractivity contribution in [1.29, 1.82) is 0 Å². The highest BCUT2D eigenvalue weighted by molar-refractivity contribution is 14.1. The highest BCUT2D eigenvalue weighted by Gasteiger charge is 2.11. The maximum atomic E-state index is 11.2. The molecule has 0 heterocycles. The van der Waals surface area contributed by atoms with Crippen molar-refractivity contribution in [3.05, 3.63) is 56.6 Å². The van der Waals surface area contributed by atoms with E-state index in [1.54, 1.807) is 18.2 Å². The van der Waals surface area contributed by atoms with Gasteiger partial charge in [-0.2, -0.15) is 0 Å². The second-order valence-corrected chi connectivity index (χ2v) is 6.30. The molecule has 0 aromatic heterocycles. The zero-order chi connectivity index (χ0) is 13.1. The largest absolute Gasteiger partial charge is 0.478 e. The first kappa shape index (κ1) is 13.7. The summed E-state index contributed by atoms with van der Waals surface area (Å²) in [4.78, 5) is 12.9. The van der Waals surface area contributed by atoms with Crippen molar-refractivity contribution in [2.24, 2.45) is 0 Å². The molecule has 0 aliphatic rings. The Morgan fingerprint density at radius 2 is 1.83 bits per heavy atom. The maximum absolute atomic E-state index is 11.2. The molecule has 0 bridgehead atoms. The van der Waals surface area contributed by atoms with Gasteiger partial charge in [-0.25, -0.2) is 4.79 Å². The summed E-state index contributed by atoms with van der Waals surface area (Å²) >= 11 is 9.33. The number of hydrogen-bond acceptors (Lipinski definition) is 2. The van der Waals surface area contributed by atoms with E-state index < -0.39 is 5.97 Å². The van der Waals surface area contributed by atoms with Crippen LogP contribution in [0.4, 0.5) is 0 Å². The van der Waals surface area contributed by atoms with Gasteiger partial charge in [0.1, 0.15) is 0 Å². The van der Waals surface area contributed by atoms with Crippen LogP contribution in [-0.2, 0) is 0 Å². The highest BCUT2D eigenvalue weighted by atomic mass is 127. The summed E-state index contributed by atoms with van der Waals surface area (Å²) in [5.74, 6) is -0.912. The second kappa shape index (κ2) is 5.95. The molecule has 2 rings (SSSR count). The standard InChI is InChI=1S/C13H8ClIO2S/c14-8-1-4-10(5-2-8)18-12-6-3-9(15)7-11(12)13(16)17/h1-7H,(H,16,17). The third kappa shape index (κ3) is 3.40. The second-order valence-electron chi connectivity index (χ2n) is 3.50. The Kier molecular flexibility index (Phi) is 4.53. The summed E-state index contributed by atoms with van der Waals surface area (Å²) in [6.07, 6.45) is 0. The lowest BCUT2D eigenvalue weighted by Crippen LogP contribution is -1.99. The number of aromatic carboxylic acids is 1. The molecule has 5 heteroatoms. The van der Waals surface area contributed by atoms with Crippen LogP contribution in [0.2, 0.25) is 5.02 Å². The van der Waals surface area contributed by atoms with Gasteiger partial charge in [0.15, 0.2) is 0 Å². The molecule has 92 valence electrons. The molecule has 0 aliphatic carbocycles. The monoisotopic (exact) mass is 390 g/mol. The van der Waals surface area contributed by atoms with Gasteiger partial charge in [-0.15, -0.1) is 0 Å². The lowest BCUT2D eigenvalue weighted by molar-refractivity contribution is 0.0693. The molecule has 0 saturated carbocycles. The van der Waals surface area contributed by atoms with E-state index in [2.05, 4.69) is 22.6 Å². The molecule has 0 atom stereocenters. The molecular weight excluding hydrogens is 383 g/mol. The quantitative estimate of drug-likeness (QED) is 0.765. The number of carboxylic acids is 1. The fraction of sp³-hybridized carbons (Fsp3) is 0. The molecule has 2 aromatic carbocycles. The summed E-state index contributed by atoms with van der Waals surface area (Å²) in [6, 6.07) is 12.7. The van der Waals surface area contributed by atoms with Gasteiger partial charge in [0.25, 0.3) is 0 Å². The summed E-state index contributed by atoms with van der Waals surface area (Å²) in [5.41, 5.74) is 0.321. The van der Waals surface area contributed by atoms with E-state index in [-0.39, 0.29) is 0 Å². The Balaban J connectivity index is 2.34. The fourth-order valence-electron chi connectivity index (χ4n) is 1.39. The summed E-state index contributed by atoms with van der Waals surface area (Å²) in [7, 11) is 0. The molecule has 18 heavy (non-hydrogen) atoms. The molecule has 0 amide bonds. The minimum atomic E-state index is -0.912. The molecule has 2 nitrogen and oxygen atoms in total. The van der Waals surface area contributed by atoms with Gasteiger partial charge in [-0.3, -0.25) is 0 Å². The minimum Gasteiger partial charge on any atom is -0.478 e. The first-order chi connectivity index (χ1) is 8.56. The zero-order valence-corrected chi connectivity index (χ0v) is 12.8. The van der Waals surface area contributed by atoms with Crippen LogP contribution < -0.4 is 0 Å². The average molecular weight is 391 g/mol. The normalized spacial score (nSPS) is 10.3. The van der Waals surface area contributed by atoms with E-state index in [1.165, 1.54) is 11.8 Å². The molecule has 2 aromatic rings. The van der Waals surface area contributed by atoms with E-state index >= 15 is 0 Å². The predicted octanol–water partition coefficient (Wildman–Crippen LogP) is 4.79. The lowest BCUT2D eigenvalue weighted by Gasteiger charge is -2.06. The Hall–Kier alpha value is -0.720. The van der Waals surface area contributed by atoms with Crippen LogP contribution in [0.25, 0.3) is 0 Å². The SMILES string of the molecule is O=C(O)c1cc(I)ccc1Sc1ccc(Cl)cc1. The van der Waals surface area contributed by atoms with E-state index in [4.69, 9.17) is 11.6 Å². The average Bonchev–Trinajstić information content (AvgIpc) is 2.34. The minimum absolute atomic E-state index is 0.321. The van der Waals surface area contributed by atoms with Crippen molar-refractivity contribution >= 4 is 51.9 Å². The molecule has 0 unspecified atom stereocenters. The Morgan fingerprint density at radius 1 is 1.17 bits per heavy atom. The zero-order valence-electron chi connectivity index (χ0n) is 9.06. The summed E-state index contributed by atoms with van der Waals surface area (Å²) in [6.45, 7) is 0. The molecular formula is C13H8ClIO2S. The molecule has 1 N–H and O–H groups in total. The number of benzene rings is 2. The Bertz CT molecular complexity index is 584. The van der Waals surface area contributed by atoms with Crippen LogP contribution >= 0.6 is 46.0 Å². The molecule has 0 aliphatic heterocycles. The summed E-state index contributed by atoms with van der Waals surface area (Å²) in [5, 5.41) is 9.84. The third-order valence-electron chi connectivity index (χ3n) is 2.21. The van der Waals surface area contributed by atoms with Crippen molar-refractivity contribution in [1.82, 2.24) is 0 Å². The van der Waals surface area contributed by atoms with E-state index in [0.717, 1.165) is 13.4 Å². The Labute approximate surface area is 127 Å². The van der Waals surface area contributed by atoms with Crippen molar-refractivity contribution in [2.75, 3.05) is 0 Å². The number of hydrogen-bond donors (Lipinski definition) is 1. The van der Waals surface area contributed by atoms with Gasteiger partial charge >= 0.3 is 5.97 Å². The van der Waals surface area contributed by atoms with Crippen LogP contribution in [-0.4, -0.2) is 11.1 Å². The van der Waals surface area contributed by atoms with Crippen LogP contribution in [0.5, 0.6) is 0 Å². The van der Waals surface area contributed by atoms with Crippen molar-refractivity contribution in [3.63, 3.8) is 0 Å². The van der Waals surface area contributed by atoms with Gasteiger partial charge in [0.05, 0.1) is 5.56 Å². The third-order valence-corrected chi connectivity index (χ3v) is 4.22. The van der Waals surface area contributed by atoms with Gasteiger partial charge in [0, 0.05) is 18.4 Å². The molecule has 0 radical (unpaired) electrons. The maximum Gasteiger partial charge on any atom is 0.336 e. The topological polar surface area (TPSA) is 37.3 Å². The Morgan fingerprint density at radius 3 is 2.44 bits per heavy atom. The molecule has 0 saturated heterocycles. The summed E-state index contributed by atoms with van der Waals surface area (Å²) < 4.78 is 0.908. The van der Waals surface area contributed by atoms with E-state index in [9.17, 15) is 9.90 Å². The lowest BCUT2D eigenvalue weighted by atomic mass is 10.2. The van der Waals surface area contributed by atoms with Gasteiger partial charge in [-0.05, 0) is 65.1 Å². The van der Waals surface area contributed by atoms with Crippen molar-refractivity contribution in [3.8, 4) is 0 Å². The van der Waals surface area contributed by atoms with Crippen LogP contribution in [0.3, 0.4) is 0 Å². The number of halogens is 2. The fourth-order valence-corrected chi connectivity index (χ4v) is 2.92. The predicted molar refractivity (Wildman–Crippen MR) is 81.7 cm³/mol. The molecule has 0 spiro atoms. The van der Waals surface area contributed by atoms with Crippen molar-refractivity contribution < 1.29 is 9.90 Å². The van der Waals surface area contributed by atoms with E-state index in [1.807, 2.05) is 24.3 Å².